The highest BCUT2D eigenvalue weighted by molar-refractivity contribution is 5.92. The van der Waals surface area contributed by atoms with E-state index in [0.29, 0.717) is 50.8 Å². The van der Waals surface area contributed by atoms with Gasteiger partial charge in [-0.15, -0.1) is 0 Å². The molecule has 1 aromatic rings. The van der Waals surface area contributed by atoms with Crippen LogP contribution in [0.5, 0.6) is 5.75 Å². The monoisotopic (exact) mass is 348 g/mol. The molecular formula is C17H24N4O4. The lowest BCUT2D eigenvalue weighted by molar-refractivity contribution is -0.118. The number of amides is 3. The molecule has 2 saturated heterocycles. The second-order valence-electron chi connectivity index (χ2n) is 6.04. The summed E-state index contributed by atoms with van der Waals surface area (Å²) in [5, 5.41) is 2.94. The van der Waals surface area contributed by atoms with Crippen LogP contribution in [0.15, 0.2) is 18.2 Å². The average molecular weight is 348 g/mol. The minimum atomic E-state index is -0.149. The van der Waals surface area contributed by atoms with Gasteiger partial charge in [-0.25, -0.2) is 4.79 Å². The fourth-order valence-electron chi connectivity index (χ4n) is 3.04. The van der Waals surface area contributed by atoms with E-state index in [1.807, 2.05) is 18.2 Å². The lowest BCUT2D eigenvalue weighted by Gasteiger charge is -2.34. The predicted molar refractivity (Wildman–Crippen MR) is 94.3 cm³/mol. The molecule has 136 valence electrons. The third-order valence-electron chi connectivity index (χ3n) is 4.55. The number of carbonyl (C=O) groups excluding carboxylic acids is 2. The minimum absolute atomic E-state index is 0.149. The Labute approximate surface area is 147 Å². The van der Waals surface area contributed by atoms with Crippen LogP contribution in [0.25, 0.3) is 0 Å². The number of rotatable bonds is 4. The Hall–Kier alpha value is -2.48. The van der Waals surface area contributed by atoms with E-state index < -0.39 is 0 Å². The summed E-state index contributed by atoms with van der Waals surface area (Å²) in [6.45, 7) is 5.22. The molecular weight excluding hydrogens is 324 g/mol. The normalized spacial score (nSPS) is 18.0. The van der Waals surface area contributed by atoms with Gasteiger partial charge in [-0.1, -0.05) is 0 Å². The molecule has 2 aliphatic rings. The Morgan fingerprint density at radius 1 is 1.16 bits per heavy atom. The van der Waals surface area contributed by atoms with Gasteiger partial charge in [-0.2, -0.15) is 0 Å². The van der Waals surface area contributed by atoms with Crippen LogP contribution in [-0.2, 0) is 9.53 Å². The molecule has 0 bridgehead atoms. The standard InChI is InChI=1S/C17H24N4O4/c1-24-16-3-2-14(20-6-4-19(13-22)5-7-20)12-15(16)18-17(23)21-8-10-25-11-9-21/h2-3,12-13H,4-11H2,1H3,(H,18,23). The first-order chi connectivity index (χ1) is 12.2. The highest BCUT2D eigenvalue weighted by Crippen LogP contribution is 2.30. The van der Waals surface area contributed by atoms with Gasteiger partial charge in [-0.3, -0.25) is 4.79 Å². The Bertz CT molecular complexity index is 611. The number of urea groups is 1. The molecule has 25 heavy (non-hydrogen) atoms. The zero-order valence-corrected chi connectivity index (χ0v) is 14.4. The highest BCUT2D eigenvalue weighted by Gasteiger charge is 2.20. The van der Waals surface area contributed by atoms with Crippen molar-refractivity contribution in [3.63, 3.8) is 0 Å². The largest absolute Gasteiger partial charge is 0.495 e. The van der Waals surface area contributed by atoms with Crippen LogP contribution in [0.4, 0.5) is 16.2 Å². The van der Waals surface area contributed by atoms with Gasteiger partial charge in [0.2, 0.25) is 6.41 Å². The summed E-state index contributed by atoms with van der Waals surface area (Å²) in [7, 11) is 1.59. The number of nitrogens with one attached hydrogen (secondary N) is 1. The number of hydrogen-bond donors (Lipinski definition) is 1. The topological polar surface area (TPSA) is 74.4 Å². The maximum absolute atomic E-state index is 12.4. The molecule has 8 nitrogen and oxygen atoms in total. The van der Waals surface area contributed by atoms with Crippen molar-refractivity contribution in [1.82, 2.24) is 9.80 Å². The van der Waals surface area contributed by atoms with Crippen molar-refractivity contribution in [3.05, 3.63) is 18.2 Å². The summed E-state index contributed by atoms with van der Waals surface area (Å²) < 4.78 is 10.7. The fourth-order valence-corrected chi connectivity index (χ4v) is 3.04. The van der Waals surface area contributed by atoms with Crippen molar-refractivity contribution in [2.24, 2.45) is 0 Å². The van der Waals surface area contributed by atoms with Crippen LogP contribution in [0.2, 0.25) is 0 Å². The zero-order valence-electron chi connectivity index (χ0n) is 14.4. The number of hydrogen-bond acceptors (Lipinski definition) is 5. The van der Waals surface area contributed by atoms with Crippen molar-refractivity contribution in [2.45, 2.75) is 0 Å². The lowest BCUT2D eigenvalue weighted by atomic mass is 10.2. The van der Waals surface area contributed by atoms with Gasteiger partial charge in [0.25, 0.3) is 0 Å². The van der Waals surface area contributed by atoms with Gasteiger partial charge in [-0.05, 0) is 18.2 Å². The van der Waals surface area contributed by atoms with E-state index in [-0.39, 0.29) is 6.03 Å². The molecule has 0 aliphatic carbocycles. The Kier molecular flexibility index (Phi) is 5.60. The Morgan fingerprint density at radius 2 is 1.88 bits per heavy atom. The summed E-state index contributed by atoms with van der Waals surface area (Å²) in [6.07, 6.45) is 0.888. The molecule has 2 heterocycles. The molecule has 0 aromatic heterocycles. The summed E-state index contributed by atoms with van der Waals surface area (Å²) in [4.78, 5) is 29.0. The number of piperazine rings is 1. The summed E-state index contributed by atoms with van der Waals surface area (Å²) in [5.74, 6) is 0.622. The molecule has 2 fully saturated rings. The number of benzene rings is 1. The Morgan fingerprint density at radius 3 is 2.52 bits per heavy atom. The molecule has 1 N–H and O–H groups in total. The highest BCUT2D eigenvalue weighted by atomic mass is 16.5. The van der Waals surface area contributed by atoms with Crippen LogP contribution < -0.4 is 15.0 Å². The van der Waals surface area contributed by atoms with Crippen molar-refractivity contribution in [1.29, 1.82) is 0 Å². The maximum atomic E-state index is 12.4. The van der Waals surface area contributed by atoms with Crippen molar-refractivity contribution in [2.75, 3.05) is 69.8 Å². The summed E-state index contributed by atoms with van der Waals surface area (Å²) in [5.41, 5.74) is 1.65. The van der Waals surface area contributed by atoms with Crippen LogP contribution in [0.1, 0.15) is 0 Å². The van der Waals surface area contributed by atoms with Gasteiger partial charge in [0.15, 0.2) is 0 Å². The van der Waals surface area contributed by atoms with E-state index in [1.54, 1.807) is 16.9 Å². The number of nitrogens with zero attached hydrogens (tertiary/aromatic N) is 3. The lowest BCUT2D eigenvalue weighted by Crippen LogP contribution is -2.45. The minimum Gasteiger partial charge on any atom is -0.495 e. The molecule has 1 aromatic carbocycles. The SMILES string of the molecule is COc1ccc(N2CCN(C=O)CC2)cc1NC(=O)N1CCOCC1. The molecule has 0 saturated carbocycles. The van der Waals surface area contributed by atoms with Gasteiger partial charge in [0.05, 0.1) is 26.0 Å². The van der Waals surface area contributed by atoms with Gasteiger partial charge in [0, 0.05) is 45.0 Å². The molecule has 3 amide bonds. The number of morpholine rings is 1. The van der Waals surface area contributed by atoms with Crippen molar-refractivity contribution < 1.29 is 19.1 Å². The number of methoxy groups -OCH3 is 1. The van der Waals surface area contributed by atoms with Crippen molar-refractivity contribution >= 4 is 23.8 Å². The molecule has 0 unspecified atom stereocenters. The third kappa shape index (κ3) is 4.14. The maximum Gasteiger partial charge on any atom is 0.322 e. The third-order valence-corrected chi connectivity index (χ3v) is 4.55. The Balaban J connectivity index is 1.71. The molecule has 3 rings (SSSR count). The van der Waals surface area contributed by atoms with Crippen LogP contribution in [-0.4, -0.2) is 81.8 Å². The van der Waals surface area contributed by atoms with E-state index >= 15 is 0 Å². The smallest absolute Gasteiger partial charge is 0.322 e. The first-order valence-electron chi connectivity index (χ1n) is 8.47. The molecule has 2 aliphatic heterocycles. The quantitative estimate of drug-likeness (QED) is 0.816. The van der Waals surface area contributed by atoms with Crippen LogP contribution in [0, 0.1) is 0 Å². The summed E-state index contributed by atoms with van der Waals surface area (Å²) >= 11 is 0. The van der Waals surface area contributed by atoms with E-state index in [0.717, 1.165) is 25.2 Å². The molecule has 0 spiro atoms. The van der Waals surface area contributed by atoms with E-state index in [2.05, 4.69) is 10.2 Å². The van der Waals surface area contributed by atoms with Gasteiger partial charge < -0.3 is 29.5 Å². The first kappa shape index (κ1) is 17.3. The van der Waals surface area contributed by atoms with E-state index in [9.17, 15) is 9.59 Å². The zero-order chi connectivity index (χ0) is 17.6. The van der Waals surface area contributed by atoms with E-state index in [4.69, 9.17) is 9.47 Å². The number of anilines is 2. The predicted octanol–water partition coefficient (Wildman–Crippen LogP) is 0.838. The van der Waals surface area contributed by atoms with Crippen molar-refractivity contribution in [3.8, 4) is 5.75 Å². The van der Waals surface area contributed by atoms with Crippen LogP contribution in [0.3, 0.4) is 0 Å². The molecule has 8 heteroatoms. The molecule has 0 atom stereocenters. The first-order valence-corrected chi connectivity index (χ1v) is 8.47. The van der Waals surface area contributed by atoms with Crippen LogP contribution >= 0.6 is 0 Å². The fraction of sp³-hybridized carbons (Fsp3) is 0.529. The second kappa shape index (κ2) is 8.06. The number of ether oxygens (including phenoxy) is 2. The van der Waals surface area contributed by atoms with E-state index in [1.165, 1.54) is 0 Å². The average Bonchev–Trinajstić information content (AvgIpc) is 2.68. The second-order valence-corrected chi connectivity index (χ2v) is 6.04. The number of carbonyl (C=O) groups is 2. The van der Waals surface area contributed by atoms with Gasteiger partial charge >= 0.3 is 6.03 Å². The van der Waals surface area contributed by atoms with Gasteiger partial charge in [0.1, 0.15) is 5.75 Å². The summed E-state index contributed by atoms with van der Waals surface area (Å²) in [6, 6.07) is 5.61. The molecule has 0 radical (unpaired) electrons.